The van der Waals surface area contributed by atoms with Crippen molar-refractivity contribution in [3.05, 3.63) is 24.2 Å². The lowest BCUT2D eigenvalue weighted by Gasteiger charge is -2.26. The van der Waals surface area contributed by atoms with Crippen LogP contribution in [0.25, 0.3) is 0 Å². The highest BCUT2D eigenvalue weighted by Crippen LogP contribution is 2.11. The molecule has 0 aliphatic carbocycles. The summed E-state index contributed by atoms with van der Waals surface area (Å²) in [4.78, 5) is 11.4. The highest BCUT2D eigenvalue weighted by atomic mass is 16.3. The van der Waals surface area contributed by atoms with E-state index in [9.17, 15) is 4.79 Å². The molecule has 70 valence electrons. The van der Waals surface area contributed by atoms with Crippen LogP contribution in [0.5, 0.6) is 0 Å². The molecule has 0 radical (unpaired) electrons. The van der Waals surface area contributed by atoms with Crippen LogP contribution in [0.15, 0.2) is 23.0 Å². The van der Waals surface area contributed by atoms with Crippen LogP contribution in [0.4, 0.5) is 0 Å². The Morgan fingerprint density at radius 3 is 3.00 bits per heavy atom. The number of rotatable bonds is 4. The zero-order valence-electron chi connectivity index (χ0n) is 7.45. The Kier molecular flexibility index (Phi) is 2.45. The van der Waals surface area contributed by atoms with Crippen LogP contribution in [0.2, 0.25) is 0 Å². The number of ketones is 1. The molecular formula is C10H13NO2. The zero-order valence-corrected chi connectivity index (χ0v) is 7.45. The van der Waals surface area contributed by atoms with Crippen molar-refractivity contribution in [2.24, 2.45) is 5.92 Å². The predicted octanol–water partition coefficient (Wildman–Crippen LogP) is 1.00. The molecule has 1 aliphatic heterocycles. The van der Waals surface area contributed by atoms with Crippen LogP contribution < -0.4 is 5.32 Å². The molecule has 13 heavy (non-hydrogen) atoms. The molecule has 2 heterocycles. The predicted molar refractivity (Wildman–Crippen MR) is 48.4 cm³/mol. The lowest BCUT2D eigenvalue weighted by Crippen LogP contribution is -2.43. The minimum atomic E-state index is 0.313. The normalized spacial score (nSPS) is 16.9. The average Bonchev–Trinajstić information content (AvgIpc) is 2.49. The van der Waals surface area contributed by atoms with Gasteiger partial charge in [-0.15, -0.1) is 0 Å². The fourth-order valence-electron chi connectivity index (χ4n) is 1.51. The lowest BCUT2D eigenvalue weighted by molar-refractivity contribution is -0.119. The first kappa shape index (κ1) is 8.51. The van der Waals surface area contributed by atoms with Gasteiger partial charge < -0.3 is 9.73 Å². The van der Waals surface area contributed by atoms with Gasteiger partial charge in [-0.3, -0.25) is 4.79 Å². The Labute approximate surface area is 77.1 Å². The first-order chi connectivity index (χ1) is 6.34. The van der Waals surface area contributed by atoms with Crippen molar-refractivity contribution in [1.82, 2.24) is 5.32 Å². The van der Waals surface area contributed by atoms with E-state index in [1.54, 1.807) is 12.5 Å². The number of furan rings is 1. The van der Waals surface area contributed by atoms with Gasteiger partial charge in [0.2, 0.25) is 0 Å². The monoisotopic (exact) mass is 179 g/mol. The van der Waals surface area contributed by atoms with E-state index in [0.717, 1.165) is 18.7 Å². The molecule has 1 N–H and O–H groups in total. The van der Waals surface area contributed by atoms with Crippen LogP contribution in [0.1, 0.15) is 12.0 Å². The highest BCUT2D eigenvalue weighted by Gasteiger charge is 2.19. The molecule has 0 bridgehead atoms. The summed E-state index contributed by atoms with van der Waals surface area (Å²) in [5.41, 5.74) is 0.984. The maximum Gasteiger partial charge on any atom is 0.137 e. The van der Waals surface area contributed by atoms with Crippen molar-refractivity contribution in [2.75, 3.05) is 13.1 Å². The minimum Gasteiger partial charge on any atom is -0.472 e. The van der Waals surface area contributed by atoms with E-state index in [-0.39, 0.29) is 0 Å². The van der Waals surface area contributed by atoms with E-state index in [1.807, 2.05) is 6.07 Å². The molecule has 1 aromatic heterocycles. The summed E-state index contributed by atoms with van der Waals surface area (Å²) in [5.74, 6) is 0.882. The Morgan fingerprint density at radius 1 is 1.62 bits per heavy atom. The fraction of sp³-hybridized carbons (Fsp3) is 0.500. The van der Waals surface area contributed by atoms with Gasteiger partial charge in [0.1, 0.15) is 5.78 Å². The summed E-state index contributed by atoms with van der Waals surface area (Å²) >= 11 is 0. The maximum absolute atomic E-state index is 11.4. The molecule has 1 saturated heterocycles. The summed E-state index contributed by atoms with van der Waals surface area (Å²) in [7, 11) is 0. The fourth-order valence-corrected chi connectivity index (χ4v) is 1.51. The van der Waals surface area contributed by atoms with E-state index < -0.39 is 0 Å². The van der Waals surface area contributed by atoms with Crippen LogP contribution in [-0.2, 0) is 11.2 Å². The lowest BCUT2D eigenvalue weighted by atomic mass is 9.95. The molecule has 0 aromatic carbocycles. The van der Waals surface area contributed by atoms with Gasteiger partial charge in [0.15, 0.2) is 0 Å². The van der Waals surface area contributed by atoms with Gasteiger partial charge in [-0.25, -0.2) is 0 Å². The summed E-state index contributed by atoms with van der Waals surface area (Å²) in [5, 5.41) is 3.15. The topological polar surface area (TPSA) is 42.2 Å². The third kappa shape index (κ3) is 2.18. The highest BCUT2D eigenvalue weighted by molar-refractivity contribution is 5.81. The van der Waals surface area contributed by atoms with Crippen LogP contribution in [-0.4, -0.2) is 18.9 Å². The summed E-state index contributed by atoms with van der Waals surface area (Å²) < 4.78 is 4.90. The SMILES string of the molecule is O=C(Cc1ccoc1)CC1CNC1. The summed E-state index contributed by atoms with van der Waals surface area (Å²) in [6.07, 6.45) is 4.47. The summed E-state index contributed by atoms with van der Waals surface area (Å²) in [6.45, 7) is 1.99. The van der Waals surface area contributed by atoms with E-state index >= 15 is 0 Å². The first-order valence-electron chi connectivity index (χ1n) is 4.58. The number of carbonyl (C=O) groups excluding carboxylic acids is 1. The molecule has 0 spiro atoms. The number of carbonyl (C=O) groups is 1. The number of hydrogen-bond acceptors (Lipinski definition) is 3. The van der Waals surface area contributed by atoms with Gasteiger partial charge in [0.05, 0.1) is 12.5 Å². The second kappa shape index (κ2) is 3.75. The van der Waals surface area contributed by atoms with Crippen LogP contribution in [0.3, 0.4) is 0 Å². The van der Waals surface area contributed by atoms with E-state index in [4.69, 9.17) is 4.42 Å². The first-order valence-corrected chi connectivity index (χ1v) is 4.58. The Hall–Kier alpha value is -1.09. The number of hydrogen-bond donors (Lipinski definition) is 1. The van der Waals surface area contributed by atoms with Gasteiger partial charge in [0.25, 0.3) is 0 Å². The second-order valence-electron chi connectivity index (χ2n) is 3.58. The zero-order chi connectivity index (χ0) is 9.10. The minimum absolute atomic E-state index is 0.313. The van der Waals surface area contributed by atoms with Crippen molar-refractivity contribution >= 4 is 5.78 Å². The van der Waals surface area contributed by atoms with Gasteiger partial charge in [0, 0.05) is 12.8 Å². The molecule has 3 nitrogen and oxygen atoms in total. The van der Waals surface area contributed by atoms with Crippen molar-refractivity contribution in [3.8, 4) is 0 Å². The molecule has 1 aromatic rings. The molecule has 2 rings (SSSR count). The molecule has 1 fully saturated rings. The third-order valence-corrected chi connectivity index (χ3v) is 2.36. The van der Waals surface area contributed by atoms with Gasteiger partial charge in [-0.2, -0.15) is 0 Å². The van der Waals surface area contributed by atoms with E-state index in [2.05, 4.69) is 5.32 Å². The Morgan fingerprint density at radius 2 is 2.46 bits per heavy atom. The van der Waals surface area contributed by atoms with Gasteiger partial charge in [-0.1, -0.05) is 0 Å². The maximum atomic E-state index is 11.4. The van der Waals surface area contributed by atoms with Crippen molar-refractivity contribution in [3.63, 3.8) is 0 Å². The van der Waals surface area contributed by atoms with Gasteiger partial charge in [-0.05, 0) is 30.6 Å². The molecule has 3 heteroatoms. The molecule has 0 unspecified atom stereocenters. The third-order valence-electron chi connectivity index (χ3n) is 2.36. The Bertz CT molecular complexity index is 275. The van der Waals surface area contributed by atoms with Crippen molar-refractivity contribution in [1.29, 1.82) is 0 Å². The number of Topliss-reactive ketones (excluding diaryl/α,β-unsaturated/α-hetero) is 1. The number of nitrogens with one attached hydrogen (secondary N) is 1. The Balaban J connectivity index is 1.78. The largest absolute Gasteiger partial charge is 0.472 e. The average molecular weight is 179 g/mol. The smallest absolute Gasteiger partial charge is 0.137 e. The second-order valence-corrected chi connectivity index (χ2v) is 3.58. The van der Waals surface area contributed by atoms with E-state index in [1.165, 1.54) is 0 Å². The molecule has 0 amide bonds. The summed E-state index contributed by atoms with van der Waals surface area (Å²) in [6, 6.07) is 1.84. The molecule has 0 saturated carbocycles. The van der Waals surface area contributed by atoms with Crippen LogP contribution >= 0.6 is 0 Å². The standard InChI is InChI=1S/C10H13NO2/c12-10(4-9-5-11-6-9)3-8-1-2-13-7-8/h1-2,7,9,11H,3-6H2. The van der Waals surface area contributed by atoms with Crippen LogP contribution in [0, 0.1) is 5.92 Å². The molecular weight excluding hydrogens is 166 g/mol. The van der Waals surface area contributed by atoms with Gasteiger partial charge >= 0.3 is 0 Å². The van der Waals surface area contributed by atoms with E-state index in [0.29, 0.717) is 24.5 Å². The molecule has 0 atom stereocenters. The van der Waals surface area contributed by atoms with Crippen molar-refractivity contribution < 1.29 is 9.21 Å². The van der Waals surface area contributed by atoms with Crippen molar-refractivity contribution in [2.45, 2.75) is 12.8 Å². The quantitative estimate of drug-likeness (QED) is 0.749. The molecule has 1 aliphatic rings.